The quantitative estimate of drug-likeness (QED) is 0.867. The molecule has 1 unspecified atom stereocenters. The lowest BCUT2D eigenvalue weighted by Gasteiger charge is -2.15. The van der Waals surface area contributed by atoms with Crippen molar-refractivity contribution in [3.05, 3.63) is 69.7 Å². The Bertz CT molecular complexity index is 572. The van der Waals surface area contributed by atoms with Crippen LogP contribution in [0.5, 0.6) is 0 Å². The van der Waals surface area contributed by atoms with E-state index in [1.54, 1.807) is 24.3 Å². The Morgan fingerprint density at radius 1 is 1.16 bits per heavy atom. The van der Waals surface area contributed by atoms with E-state index in [-0.39, 0.29) is 17.7 Å². The fraction of sp³-hybridized carbons (Fsp3) is 0.200. The minimum atomic E-state index is -0.279. The third-order valence-electron chi connectivity index (χ3n) is 2.98. The van der Waals surface area contributed by atoms with Gasteiger partial charge in [-0.15, -0.1) is 0 Å². The molecule has 1 N–H and O–H groups in total. The summed E-state index contributed by atoms with van der Waals surface area (Å²) in [6, 6.07) is 11.0. The van der Waals surface area contributed by atoms with Gasteiger partial charge in [0, 0.05) is 22.6 Å². The van der Waals surface area contributed by atoms with Crippen LogP contribution in [0.25, 0.3) is 0 Å². The first-order valence-electron chi connectivity index (χ1n) is 5.99. The van der Waals surface area contributed by atoms with Gasteiger partial charge in [0.05, 0.1) is 0 Å². The number of hydrogen-bond acceptors (Lipinski definition) is 1. The second-order valence-electron chi connectivity index (χ2n) is 4.36. The Hall–Kier alpha value is -1.26. The van der Waals surface area contributed by atoms with E-state index in [0.717, 1.165) is 10.0 Å². The fourth-order valence-electron chi connectivity index (χ4n) is 1.88. The predicted octanol–water partition coefficient (Wildman–Crippen LogP) is 4.58. The summed E-state index contributed by atoms with van der Waals surface area (Å²) in [4.78, 5) is 0. The highest BCUT2D eigenvalue weighted by Crippen LogP contribution is 2.20. The topological polar surface area (TPSA) is 12.0 Å². The molecule has 1 atom stereocenters. The van der Waals surface area contributed by atoms with E-state index in [4.69, 9.17) is 0 Å². The van der Waals surface area contributed by atoms with Gasteiger partial charge in [-0.1, -0.05) is 34.1 Å². The summed E-state index contributed by atoms with van der Waals surface area (Å²) >= 11 is 3.37. The van der Waals surface area contributed by atoms with Crippen LogP contribution >= 0.6 is 15.9 Å². The predicted molar refractivity (Wildman–Crippen MR) is 75.8 cm³/mol. The van der Waals surface area contributed by atoms with E-state index in [9.17, 15) is 8.78 Å². The zero-order valence-electron chi connectivity index (χ0n) is 10.5. The van der Waals surface area contributed by atoms with Crippen LogP contribution in [-0.4, -0.2) is 0 Å². The molecule has 0 spiro atoms. The van der Waals surface area contributed by atoms with Crippen LogP contribution in [-0.2, 0) is 6.54 Å². The van der Waals surface area contributed by atoms with Crippen LogP contribution in [0.1, 0.15) is 24.1 Å². The Balaban J connectivity index is 2.06. The van der Waals surface area contributed by atoms with Gasteiger partial charge in [0.15, 0.2) is 0 Å². The van der Waals surface area contributed by atoms with E-state index in [1.807, 2.05) is 6.92 Å². The van der Waals surface area contributed by atoms with Crippen molar-refractivity contribution in [3.63, 3.8) is 0 Å². The van der Waals surface area contributed by atoms with Crippen molar-refractivity contribution in [2.75, 3.05) is 0 Å². The van der Waals surface area contributed by atoms with Crippen LogP contribution < -0.4 is 5.32 Å². The molecule has 2 aromatic carbocycles. The number of nitrogens with one attached hydrogen (secondary N) is 1. The zero-order chi connectivity index (χ0) is 13.8. The first-order chi connectivity index (χ1) is 9.08. The monoisotopic (exact) mass is 325 g/mol. The molecule has 0 amide bonds. The molecule has 0 aromatic heterocycles. The normalized spacial score (nSPS) is 12.4. The zero-order valence-corrected chi connectivity index (χ0v) is 12.0. The maximum atomic E-state index is 13.6. The SMILES string of the molecule is CC(NCc1cc(F)ccc1Br)c1ccccc1F. The molecule has 100 valence electrons. The highest BCUT2D eigenvalue weighted by atomic mass is 79.9. The maximum Gasteiger partial charge on any atom is 0.127 e. The van der Waals surface area contributed by atoms with Gasteiger partial charge in [0.1, 0.15) is 11.6 Å². The highest BCUT2D eigenvalue weighted by molar-refractivity contribution is 9.10. The molecule has 0 bridgehead atoms. The van der Waals surface area contributed by atoms with Gasteiger partial charge in [-0.2, -0.15) is 0 Å². The average Bonchev–Trinajstić information content (AvgIpc) is 2.40. The number of rotatable bonds is 4. The molecule has 2 rings (SSSR count). The highest BCUT2D eigenvalue weighted by Gasteiger charge is 2.10. The molecular formula is C15H14BrF2N. The van der Waals surface area contributed by atoms with Crippen molar-refractivity contribution >= 4 is 15.9 Å². The van der Waals surface area contributed by atoms with Gasteiger partial charge in [0.2, 0.25) is 0 Å². The summed E-state index contributed by atoms with van der Waals surface area (Å²) in [7, 11) is 0. The molecule has 2 aromatic rings. The molecule has 0 aliphatic heterocycles. The van der Waals surface area contributed by atoms with Gasteiger partial charge in [-0.25, -0.2) is 8.78 Å². The standard InChI is InChI=1S/C15H14BrF2N/c1-10(13-4-2-3-5-15(13)18)19-9-11-8-12(17)6-7-14(11)16/h2-8,10,19H,9H2,1H3. The molecule has 19 heavy (non-hydrogen) atoms. The Labute approximate surface area is 119 Å². The number of halogens is 3. The van der Waals surface area contributed by atoms with Gasteiger partial charge < -0.3 is 5.32 Å². The first-order valence-corrected chi connectivity index (χ1v) is 6.79. The Morgan fingerprint density at radius 2 is 1.89 bits per heavy atom. The van der Waals surface area contributed by atoms with Crippen molar-refractivity contribution in [1.82, 2.24) is 5.32 Å². The Kier molecular flexibility index (Phi) is 4.66. The minimum absolute atomic E-state index is 0.142. The van der Waals surface area contributed by atoms with Crippen molar-refractivity contribution in [3.8, 4) is 0 Å². The third-order valence-corrected chi connectivity index (χ3v) is 3.75. The molecule has 0 fully saturated rings. The van der Waals surface area contributed by atoms with Crippen LogP contribution in [0.4, 0.5) is 8.78 Å². The first kappa shape index (κ1) is 14.2. The fourth-order valence-corrected chi connectivity index (χ4v) is 2.26. The molecule has 0 aliphatic rings. The van der Waals surface area contributed by atoms with Crippen LogP contribution in [0.2, 0.25) is 0 Å². The molecular weight excluding hydrogens is 312 g/mol. The second kappa shape index (κ2) is 6.26. The summed E-state index contributed by atoms with van der Waals surface area (Å²) in [6.07, 6.45) is 0. The van der Waals surface area contributed by atoms with Crippen molar-refractivity contribution in [1.29, 1.82) is 0 Å². The van der Waals surface area contributed by atoms with Crippen molar-refractivity contribution in [2.24, 2.45) is 0 Å². The van der Waals surface area contributed by atoms with Gasteiger partial charge in [-0.05, 0) is 36.8 Å². The van der Waals surface area contributed by atoms with E-state index in [0.29, 0.717) is 12.1 Å². The van der Waals surface area contributed by atoms with E-state index in [1.165, 1.54) is 18.2 Å². The summed E-state index contributed by atoms with van der Waals surface area (Å²) in [5, 5.41) is 3.19. The number of hydrogen-bond donors (Lipinski definition) is 1. The summed E-state index contributed by atoms with van der Waals surface area (Å²) in [5.41, 5.74) is 1.42. The van der Waals surface area contributed by atoms with E-state index < -0.39 is 0 Å². The molecule has 0 radical (unpaired) electrons. The van der Waals surface area contributed by atoms with Crippen LogP contribution in [0, 0.1) is 11.6 Å². The molecule has 0 saturated heterocycles. The molecule has 0 aliphatic carbocycles. The van der Waals surface area contributed by atoms with Crippen LogP contribution in [0.15, 0.2) is 46.9 Å². The molecule has 0 heterocycles. The van der Waals surface area contributed by atoms with Crippen LogP contribution in [0.3, 0.4) is 0 Å². The molecule has 1 nitrogen and oxygen atoms in total. The largest absolute Gasteiger partial charge is 0.306 e. The van der Waals surface area contributed by atoms with Gasteiger partial charge in [-0.3, -0.25) is 0 Å². The lowest BCUT2D eigenvalue weighted by atomic mass is 10.1. The third kappa shape index (κ3) is 3.61. The minimum Gasteiger partial charge on any atom is -0.306 e. The Morgan fingerprint density at radius 3 is 2.63 bits per heavy atom. The summed E-state index contributed by atoms with van der Waals surface area (Å²) < 4.78 is 27.6. The lowest BCUT2D eigenvalue weighted by molar-refractivity contribution is 0.526. The van der Waals surface area contributed by atoms with Gasteiger partial charge >= 0.3 is 0 Å². The van der Waals surface area contributed by atoms with E-state index in [2.05, 4.69) is 21.2 Å². The number of benzene rings is 2. The molecule has 0 saturated carbocycles. The summed E-state index contributed by atoms with van der Waals surface area (Å²) in [5.74, 6) is -0.514. The van der Waals surface area contributed by atoms with Crippen molar-refractivity contribution in [2.45, 2.75) is 19.5 Å². The second-order valence-corrected chi connectivity index (χ2v) is 5.21. The maximum absolute atomic E-state index is 13.6. The van der Waals surface area contributed by atoms with Crippen molar-refractivity contribution < 1.29 is 8.78 Å². The van der Waals surface area contributed by atoms with Gasteiger partial charge in [0.25, 0.3) is 0 Å². The smallest absolute Gasteiger partial charge is 0.127 e. The average molecular weight is 326 g/mol. The summed E-state index contributed by atoms with van der Waals surface area (Å²) in [6.45, 7) is 2.35. The van der Waals surface area contributed by atoms with E-state index >= 15 is 0 Å². The molecule has 4 heteroatoms. The lowest BCUT2D eigenvalue weighted by Crippen LogP contribution is -2.19.